The molecule has 0 N–H and O–H groups in total. The topological polar surface area (TPSA) is 26.3 Å². The third kappa shape index (κ3) is 3.96. The van der Waals surface area contributed by atoms with Crippen molar-refractivity contribution in [1.29, 1.82) is 0 Å². The van der Waals surface area contributed by atoms with Crippen molar-refractivity contribution >= 4 is 45.1 Å². The molecular weight excluding hydrogens is 315 g/mol. The minimum absolute atomic E-state index is 0.229. The summed E-state index contributed by atoms with van der Waals surface area (Å²) in [5, 5.41) is 0.647. The Labute approximate surface area is 113 Å². The molecule has 0 amide bonds. The van der Waals surface area contributed by atoms with Gasteiger partial charge in [-0.2, -0.15) is 0 Å². The first-order chi connectivity index (χ1) is 7.54. The van der Waals surface area contributed by atoms with Crippen LogP contribution in [-0.4, -0.2) is 5.97 Å². The first-order valence-corrected chi connectivity index (χ1v) is 6.44. The van der Waals surface area contributed by atoms with Gasteiger partial charge in [0.1, 0.15) is 0 Å². The molecule has 0 saturated heterocycles. The van der Waals surface area contributed by atoms with E-state index in [-0.39, 0.29) is 11.7 Å². The highest BCUT2D eigenvalue weighted by Crippen LogP contribution is 2.36. The zero-order valence-electron chi connectivity index (χ0n) is 8.73. The van der Waals surface area contributed by atoms with E-state index >= 15 is 0 Å². The Bertz CT molecular complexity index is 371. The van der Waals surface area contributed by atoms with Crippen LogP contribution in [0, 0.1) is 0 Å². The molecule has 0 aliphatic heterocycles. The molecular formula is C11H11BrCl2O2. The van der Waals surface area contributed by atoms with Gasteiger partial charge in [-0.15, -0.1) is 0 Å². The van der Waals surface area contributed by atoms with E-state index in [1.165, 1.54) is 0 Å². The maximum Gasteiger partial charge on any atom is 0.311 e. The average molecular weight is 326 g/mol. The van der Waals surface area contributed by atoms with Gasteiger partial charge in [-0.3, -0.25) is 4.79 Å². The van der Waals surface area contributed by atoms with Gasteiger partial charge in [-0.25, -0.2) is 0 Å². The van der Waals surface area contributed by atoms with E-state index in [9.17, 15) is 4.79 Å². The number of esters is 1. The van der Waals surface area contributed by atoms with Crippen molar-refractivity contribution in [3.05, 3.63) is 26.7 Å². The van der Waals surface area contributed by atoms with Crippen LogP contribution < -0.4 is 4.74 Å². The van der Waals surface area contributed by atoms with Crippen LogP contribution in [0.4, 0.5) is 0 Å². The van der Waals surface area contributed by atoms with Gasteiger partial charge >= 0.3 is 5.97 Å². The van der Waals surface area contributed by atoms with Gasteiger partial charge in [-0.1, -0.05) is 52.5 Å². The van der Waals surface area contributed by atoms with Gasteiger partial charge in [0.2, 0.25) is 0 Å². The Hall–Kier alpha value is -0.250. The summed E-state index contributed by atoms with van der Waals surface area (Å²) in [4.78, 5) is 11.4. The molecule has 0 unspecified atom stereocenters. The standard InChI is InChI=1S/C11H11BrCl2O2/c1-2-3-4-10(15)16-11-8(13)5-7(12)6-9(11)14/h5-6H,2-4H2,1H3. The molecule has 0 radical (unpaired) electrons. The van der Waals surface area contributed by atoms with Crippen molar-refractivity contribution in [3.63, 3.8) is 0 Å². The molecule has 0 aromatic heterocycles. The molecule has 2 nitrogen and oxygen atoms in total. The normalized spacial score (nSPS) is 10.2. The molecule has 16 heavy (non-hydrogen) atoms. The molecule has 1 aromatic carbocycles. The van der Waals surface area contributed by atoms with E-state index in [1.807, 2.05) is 6.92 Å². The van der Waals surface area contributed by atoms with Gasteiger partial charge < -0.3 is 4.74 Å². The minimum Gasteiger partial charge on any atom is -0.423 e. The number of rotatable bonds is 4. The Balaban J connectivity index is 2.77. The molecule has 0 spiro atoms. The van der Waals surface area contributed by atoms with Crippen LogP contribution in [0.1, 0.15) is 26.2 Å². The number of halogens is 3. The Kier molecular flexibility index (Phi) is 5.59. The lowest BCUT2D eigenvalue weighted by molar-refractivity contribution is -0.134. The molecule has 88 valence electrons. The zero-order valence-corrected chi connectivity index (χ0v) is 11.8. The van der Waals surface area contributed by atoms with Crippen LogP contribution in [0.5, 0.6) is 5.75 Å². The lowest BCUT2D eigenvalue weighted by Crippen LogP contribution is -2.08. The molecule has 0 aliphatic rings. The van der Waals surface area contributed by atoms with Crippen LogP contribution >= 0.6 is 39.1 Å². The van der Waals surface area contributed by atoms with Crippen molar-refractivity contribution < 1.29 is 9.53 Å². The third-order valence-electron chi connectivity index (χ3n) is 1.91. The maximum absolute atomic E-state index is 11.4. The second-order valence-electron chi connectivity index (χ2n) is 3.28. The third-order valence-corrected chi connectivity index (χ3v) is 2.93. The monoisotopic (exact) mass is 324 g/mol. The summed E-state index contributed by atoms with van der Waals surface area (Å²) >= 11 is 15.1. The van der Waals surface area contributed by atoms with Crippen molar-refractivity contribution in [2.75, 3.05) is 0 Å². The smallest absolute Gasteiger partial charge is 0.311 e. The summed E-state index contributed by atoms with van der Waals surface area (Å²) < 4.78 is 5.86. The predicted molar refractivity (Wildman–Crippen MR) is 69.3 cm³/mol. The van der Waals surface area contributed by atoms with Gasteiger partial charge in [0.25, 0.3) is 0 Å². The van der Waals surface area contributed by atoms with E-state index in [1.54, 1.807) is 12.1 Å². The second-order valence-corrected chi connectivity index (χ2v) is 5.01. The maximum atomic E-state index is 11.4. The Morgan fingerprint density at radius 2 is 1.94 bits per heavy atom. The van der Waals surface area contributed by atoms with Gasteiger partial charge in [0.15, 0.2) is 5.75 Å². The molecule has 1 aromatic rings. The fourth-order valence-electron chi connectivity index (χ4n) is 1.11. The van der Waals surface area contributed by atoms with Gasteiger partial charge in [0, 0.05) is 10.9 Å². The fourth-order valence-corrected chi connectivity index (χ4v) is 2.40. The van der Waals surface area contributed by atoms with E-state index in [4.69, 9.17) is 27.9 Å². The zero-order chi connectivity index (χ0) is 12.1. The molecule has 1 rings (SSSR count). The summed E-state index contributed by atoms with van der Waals surface area (Å²) in [7, 11) is 0. The Morgan fingerprint density at radius 3 is 2.44 bits per heavy atom. The van der Waals surface area contributed by atoms with E-state index in [0.29, 0.717) is 16.5 Å². The molecule has 5 heteroatoms. The van der Waals surface area contributed by atoms with Crippen LogP contribution in [0.2, 0.25) is 10.0 Å². The molecule has 0 atom stereocenters. The average Bonchev–Trinajstić information content (AvgIpc) is 2.20. The van der Waals surface area contributed by atoms with Crippen molar-refractivity contribution in [2.45, 2.75) is 26.2 Å². The Morgan fingerprint density at radius 1 is 1.38 bits per heavy atom. The minimum atomic E-state index is -0.312. The van der Waals surface area contributed by atoms with Crippen LogP contribution in [0.15, 0.2) is 16.6 Å². The molecule has 0 bridgehead atoms. The fraction of sp³-hybridized carbons (Fsp3) is 0.364. The van der Waals surface area contributed by atoms with E-state index in [2.05, 4.69) is 15.9 Å². The van der Waals surface area contributed by atoms with Crippen LogP contribution in [0.3, 0.4) is 0 Å². The summed E-state index contributed by atoms with van der Waals surface area (Å²) in [6.07, 6.45) is 2.11. The molecule has 0 heterocycles. The number of hydrogen-bond acceptors (Lipinski definition) is 2. The number of carbonyl (C=O) groups is 1. The highest BCUT2D eigenvalue weighted by atomic mass is 79.9. The van der Waals surface area contributed by atoms with Gasteiger partial charge in [0.05, 0.1) is 10.0 Å². The van der Waals surface area contributed by atoms with Crippen molar-refractivity contribution in [2.24, 2.45) is 0 Å². The largest absolute Gasteiger partial charge is 0.423 e. The molecule has 0 aliphatic carbocycles. The summed E-state index contributed by atoms with van der Waals surface area (Å²) in [6, 6.07) is 3.27. The predicted octanol–water partition coefficient (Wildman–Crippen LogP) is 4.85. The highest BCUT2D eigenvalue weighted by molar-refractivity contribution is 9.10. The summed E-state index contributed by atoms with van der Waals surface area (Å²) in [5.41, 5.74) is 0. The molecule has 0 saturated carbocycles. The van der Waals surface area contributed by atoms with Gasteiger partial charge in [-0.05, 0) is 18.6 Å². The lowest BCUT2D eigenvalue weighted by atomic mass is 10.2. The first-order valence-electron chi connectivity index (χ1n) is 4.89. The summed E-state index contributed by atoms with van der Waals surface area (Å²) in [6.45, 7) is 2.01. The van der Waals surface area contributed by atoms with Crippen molar-refractivity contribution in [3.8, 4) is 5.75 Å². The van der Waals surface area contributed by atoms with Crippen LogP contribution in [0.25, 0.3) is 0 Å². The number of unbranched alkanes of at least 4 members (excludes halogenated alkanes) is 1. The number of ether oxygens (including phenoxy) is 1. The molecule has 0 fully saturated rings. The van der Waals surface area contributed by atoms with E-state index in [0.717, 1.165) is 17.3 Å². The van der Waals surface area contributed by atoms with Crippen molar-refractivity contribution in [1.82, 2.24) is 0 Å². The number of carbonyl (C=O) groups excluding carboxylic acids is 1. The number of benzene rings is 1. The first kappa shape index (κ1) is 13.8. The number of hydrogen-bond donors (Lipinski definition) is 0. The second kappa shape index (κ2) is 6.48. The highest BCUT2D eigenvalue weighted by Gasteiger charge is 2.12. The van der Waals surface area contributed by atoms with E-state index < -0.39 is 0 Å². The lowest BCUT2D eigenvalue weighted by Gasteiger charge is -2.08. The SMILES string of the molecule is CCCCC(=O)Oc1c(Cl)cc(Br)cc1Cl. The quantitative estimate of drug-likeness (QED) is 0.584. The summed E-state index contributed by atoms with van der Waals surface area (Å²) in [5.74, 6) is -0.0828. The van der Waals surface area contributed by atoms with Crippen LogP contribution in [-0.2, 0) is 4.79 Å².